The van der Waals surface area contributed by atoms with E-state index in [0.29, 0.717) is 0 Å². The van der Waals surface area contributed by atoms with Crippen molar-refractivity contribution in [2.24, 2.45) is 0 Å². The van der Waals surface area contributed by atoms with Gasteiger partial charge in [-0.05, 0) is 46.3 Å². The van der Waals surface area contributed by atoms with Gasteiger partial charge in [-0.1, -0.05) is 17.8 Å². The Balaban J connectivity index is 2.13. The van der Waals surface area contributed by atoms with Crippen LogP contribution in [0.3, 0.4) is 0 Å². The zero-order chi connectivity index (χ0) is 11.1. The molecule has 1 heterocycles. The lowest BCUT2D eigenvalue weighted by Crippen LogP contribution is -2.00. The molecule has 0 spiro atoms. The van der Waals surface area contributed by atoms with Crippen molar-refractivity contribution in [1.29, 1.82) is 0 Å². The summed E-state index contributed by atoms with van der Waals surface area (Å²) in [5, 5.41) is 3.40. The third-order valence-corrected chi connectivity index (χ3v) is 4.58. The van der Waals surface area contributed by atoms with Crippen LogP contribution in [0.25, 0.3) is 0 Å². The van der Waals surface area contributed by atoms with E-state index < -0.39 is 0 Å². The van der Waals surface area contributed by atoms with Gasteiger partial charge in [0.1, 0.15) is 0 Å². The first-order valence-corrected chi connectivity index (χ1v) is 6.48. The molecule has 16 heavy (non-hydrogen) atoms. The maximum Gasteiger partial charge on any atom is 0.0537 e. The molecule has 2 aromatic rings. The molecular weight excluding hydrogens is 284 g/mol. The van der Waals surface area contributed by atoms with E-state index in [1.807, 2.05) is 30.3 Å². The first-order chi connectivity index (χ1) is 7.74. The van der Waals surface area contributed by atoms with Gasteiger partial charge < -0.3 is 11.1 Å². The monoisotopic (exact) mass is 292 g/mol. The van der Waals surface area contributed by atoms with Crippen molar-refractivity contribution in [2.45, 2.75) is 9.79 Å². The van der Waals surface area contributed by atoms with Crippen molar-refractivity contribution < 1.29 is 0 Å². The highest BCUT2D eigenvalue weighted by Gasteiger charge is 2.17. The molecule has 0 bridgehead atoms. The Morgan fingerprint density at radius 1 is 1.12 bits per heavy atom. The largest absolute Gasteiger partial charge is 0.399 e. The summed E-state index contributed by atoms with van der Waals surface area (Å²) in [4.78, 5) is 2.38. The Morgan fingerprint density at radius 2 is 2.00 bits per heavy atom. The molecule has 1 aliphatic rings. The number of hydrogen-bond donors (Lipinski definition) is 2. The molecule has 2 nitrogen and oxygen atoms in total. The van der Waals surface area contributed by atoms with Gasteiger partial charge in [0.25, 0.3) is 0 Å². The lowest BCUT2D eigenvalue weighted by molar-refractivity contribution is 1.30. The van der Waals surface area contributed by atoms with Crippen LogP contribution < -0.4 is 11.1 Å². The number of anilines is 3. The number of fused-ring (bicyclic) bond motifs is 2. The highest BCUT2D eigenvalue weighted by molar-refractivity contribution is 9.10. The molecule has 0 atom stereocenters. The second kappa shape index (κ2) is 3.71. The number of nitrogen functional groups attached to an aromatic ring is 1. The first kappa shape index (κ1) is 10.1. The molecule has 1 aliphatic heterocycles. The van der Waals surface area contributed by atoms with Crippen molar-refractivity contribution in [2.75, 3.05) is 11.1 Å². The van der Waals surface area contributed by atoms with Crippen LogP contribution in [0.2, 0.25) is 0 Å². The zero-order valence-corrected chi connectivity index (χ0v) is 10.7. The first-order valence-electron chi connectivity index (χ1n) is 4.87. The Kier molecular flexibility index (Phi) is 2.33. The molecule has 0 aromatic heterocycles. The van der Waals surface area contributed by atoms with E-state index in [2.05, 4.69) is 27.3 Å². The Bertz CT molecular complexity index is 569. The summed E-state index contributed by atoms with van der Waals surface area (Å²) in [6.07, 6.45) is 0. The Labute approximate surface area is 106 Å². The van der Waals surface area contributed by atoms with Crippen LogP contribution >= 0.6 is 27.7 Å². The average Bonchev–Trinajstić information content (AvgIpc) is 2.28. The smallest absolute Gasteiger partial charge is 0.0537 e. The second-order valence-electron chi connectivity index (χ2n) is 3.60. The van der Waals surface area contributed by atoms with Crippen molar-refractivity contribution in [3.05, 3.63) is 40.9 Å². The number of benzene rings is 2. The van der Waals surface area contributed by atoms with Crippen LogP contribution in [-0.4, -0.2) is 0 Å². The minimum absolute atomic E-state index is 0.795. The van der Waals surface area contributed by atoms with Crippen molar-refractivity contribution in [1.82, 2.24) is 0 Å². The van der Waals surface area contributed by atoms with E-state index in [1.54, 1.807) is 11.8 Å². The highest BCUT2D eigenvalue weighted by atomic mass is 79.9. The van der Waals surface area contributed by atoms with E-state index in [0.717, 1.165) is 21.5 Å². The van der Waals surface area contributed by atoms with Gasteiger partial charge in [-0.2, -0.15) is 0 Å². The molecule has 0 unspecified atom stereocenters. The molecule has 2 aromatic carbocycles. The fourth-order valence-electron chi connectivity index (χ4n) is 1.69. The predicted molar refractivity (Wildman–Crippen MR) is 72.4 cm³/mol. The van der Waals surface area contributed by atoms with Gasteiger partial charge in [-0.15, -0.1) is 0 Å². The van der Waals surface area contributed by atoms with E-state index in [1.165, 1.54) is 9.79 Å². The van der Waals surface area contributed by atoms with E-state index >= 15 is 0 Å². The van der Waals surface area contributed by atoms with Gasteiger partial charge >= 0.3 is 0 Å². The number of nitrogens with one attached hydrogen (secondary N) is 1. The molecular formula is C12H9BrN2S. The van der Waals surface area contributed by atoms with E-state index in [-0.39, 0.29) is 0 Å². The van der Waals surface area contributed by atoms with Crippen LogP contribution in [0.5, 0.6) is 0 Å². The molecule has 0 saturated carbocycles. The van der Waals surface area contributed by atoms with Gasteiger partial charge in [-0.3, -0.25) is 0 Å². The fraction of sp³-hybridized carbons (Fsp3) is 0. The highest BCUT2D eigenvalue weighted by Crippen LogP contribution is 2.47. The molecule has 80 valence electrons. The summed E-state index contributed by atoms with van der Waals surface area (Å²) in [6, 6.07) is 12.1. The summed E-state index contributed by atoms with van der Waals surface area (Å²) in [6.45, 7) is 0. The molecule has 0 amide bonds. The van der Waals surface area contributed by atoms with Crippen LogP contribution in [0, 0.1) is 0 Å². The summed E-state index contributed by atoms with van der Waals surface area (Å²) in [5.74, 6) is 0. The van der Waals surface area contributed by atoms with Crippen molar-refractivity contribution >= 4 is 44.8 Å². The summed E-state index contributed by atoms with van der Waals surface area (Å²) in [5.41, 5.74) is 8.83. The van der Waals surface area contributed by atoms with Gasteiger partial charge in [0.05, 0.1) is 16.3 Å². The number of rotatable bonds is 0. The number of nitrogens with two attached hydrogens (primary N) is 1. The quantitative estimate of drug-likeness (QED) is 0.609. The number of halogens is 1. The van der Waals surface area contributed by atoms with Crippen LogP contribution in [-0.2, 0) is 0 Å². The minimum Gasteiger partial charge on any atom is -0.399 e. The summed E-state index contributed by atoms with van der Waals surface area (Å²) >= 11 is 5.29. The van der Waals surface area contributed by atoms with Gasteiger partial charge in [0.15, 0.2) is 0 Å². The second-order valence-corrected chi connectivity index (χ2v) is 5.51. The fourth-order valence-corrected chi connectivity index (χ4v) is 3.34. The zero-order valence-electron chi connectivity index (χ0n) is 8.33. The Morgan fingerprint density at radius 3 is 2.88 bits per heavy atom. The minimum atomic E-state index is 0.795. The SMILES string of the molecule is Nc1ccc2c(c1)Sc1c(Br)cccc1N2. The maximum atomic E-state index is 5.79. The standard InChI is InChI=1S/C12H9BrN2S/c13-8-2-1-3-10-12(8)16-11-6-7(14)4-5-9(11)15-10/h1-6,15H,14H2. The lowest BCUT2D eigenvalue weighted by Gasteiger charge is -2.21. The Hall–Kier alpha value is -1.13. The van der Waals surface area contributed by atoms with Crippen LogP contribution in [0.4, 0.5) is 17.1 Å². The third-order valence-electron chi connectivity index (χ3n) is 2.45. The molecule has 0 radical (unpaired) electrons. The normalized spacial score (nSPS) is 12.6. The molecule has 0 aliphatic carbocycles. The average molecular weight is 293 g/mol. The van der Waals surface area contributed by atoms with Gasteiger partial charge in [-0.25, -0.2) is 0 Å². The van der Waals surface area contributed by atoms with Gasteiger partial charge in [0, 0.05) is 15.1 Å². The molecule has 0 fully saturated rings. The molecule has 3 N–H and O–H groups in total. The molecule has 0 saturated heterocycles. The summed E-state index contributed by atoms with van der Waals surface area (Å²) in [7, 11) is 0. The predicted octanol–water partition coefficient (Wildman–Crippen LogP) is 4.24. The topological polar surface area (TPSA) is 38.0 Å². The maximum absolute atomic E-state index is 5.79. The van der Waals surface area contributed by atoms with Crippen molar-refractivity contribution in [3.8, 4) is 0 Å². The van der Waals surface area contributed by atoms with E-state index in [4.69, 9.17) is 5.73 Å². The van der Waals surface area contributed by atoms with Crippen molar-refractivity contribution in [3.63, 3.8) is 0 Å². The summed E-state index contributed by atoms with van der Waals surface area (Å²) < 4.78 is 1.11. The molecule has 3 rings (SSSR count). The van der Waals surface area contributed by atoms with Crippen LogP contribution in [0.15, 0.2) is 50.7 Å². The molecule has 4 heteroatoms. The third kappa shape index (κ3) is 1.58. The number of hydrogen-bond acceptors (Lipinski definition) is 3. The van der Waals surface area contributed by atoms with E-state index in [9.17, 15) is 0 Å². The van der Waals surface area contributed by atoms with Crippen LogP contribution in [0.1, 0.15) is 0 Å². The van der Waals surface area contributed by atoms with Gasteiger partial charge in [0.2, 0.25) is 0 Å². The lowest BCUT2D eigenvalue weighted by atomic mass is 10.2.